The van der Waals surface area contributed by atoms with Gasteiger partial charge in [0.2, 0.25) is 0 Å². The van der Waals surface area contributed by atoms with Crippen LogP contribution < -0.4 is 16.0 Å². The van der Waals surface area contributed by atoms with E-state index in [2.05, 4.69) is 168 Å². The Kier molecular flexibility index (Phi) is 6.88. The maximum atomic E-state index is 6.56. The summed E-state index contributed by atoms with van der Waals surface area (Å²) in [6.07, 6.45) is -0.658. The topological polar surface area (TPSA) is 62.4 Å². The van der Waals surface area contributed by atoms with E-state index in [1.54, 1.807) is 0 Å². The lowest BCUT2D eigenvalue weighted by molar-refractivity contribution is 0.204. The molecule has 1 saturated heterocycles. The molecule has 0 radical (unpaired) electrons. The summed E-state index contributed by atoms with van der Waals surface area (Å²) < 4.78 is 13.1. The second-order valence-corrected chi connectivity index (χ2v) is 13.0. The van der Waals surface area contributed by atoms with Crippen LogP contribution >= 0.6 is 0 Å². The van der Waals surface area contributed by atoms with Crippen LogP contribution in [0.5, 0.6) is 0 Å². The van der Waals surface area contributed by atoms with Crippen LogP contribution in [-0.4, -0.2) is 0 Å². The fourth-order valence-corrected chi connectivity index (χ4v) is 7.71. The lowest BCUT2D eigenvalue weighted by Crippen LogP contribution is -2.54. The van der Waals surface area contributed by atoms with Crippen LogP contribution in [0, 0.1) is 0 Å². The second-order valence-electron chi connectivity index (χ2n) is 13.0. The van der Waals surface area contributed by atoms with Gasteiger partial charge in [-0.25, -0.2) is 0 Å². The molecule has 240 valence electrons. The number of rotatable bonds is 5. The van der Waals surface area contributed by atoms with Crippen molar-refractivity contribution >= 4 is 43.9 Å². The van der Waals surface area contributed by atoms with Gasteiger partial charge < -0.3 is 8.83 Å². The Bertz CT molecular complexity index is 2660. The molecule has 3 atom stereocenters. The minimum absolute atomic E-state index is 0.184. The van der Waals surface area contributed by atoms with Crippen molar-refractivity contribution in [2.24, 2.45) is 0 Å². The van der Waals surface area contributed by atoms with Crippen molar-refractivity contribution in [2.75, 3.05) is 0 Å². The number of nitrogens with one attached hydrogen (secondary N) is 3. The molecule has 0 aliphatic carbocycles. The summed E-state index contributed by atoms with van der Waals surface area (Å²) in [5, 5.41) is 16.3. The van der Waals surface area contributed by atoms with Crippen molar-refractivity contribution in [3.63, 3.8) is 0 Å². The summed E-state index contributed by atoms with van der Waals surface area (Å²) in [5.41, 5.74) is 11.5. The highest BCUT2D eigenvalue weighted by molar-refractivity contribution is 6.14. The molecule has 2 aromatic heterocycles. The molecule has 5 nitrogen and oxygen atoms in total. The van der Waals surface area contributed by atoms with Crippen molar-refractivity contribution in [2.45, 2.75) is 18.5 Å². The Morgan fingerprint density at radius 3 is 1.80 bits per heavy atom. The first kappa shape index (κ1) is 29.0. The minimum Gasteiger partial charge on any atom is -0.456 e. The Labute approximate surface area is 289 Å². The van der Waals surface area contributed by atoms with E-state index in [0.717, 1.165) is 71.7 Å². The molecule has 1 fully saturated rings. The summed E-state index contributed by atoms with van der Waals surface area (Å²) in [6.45, 7) is 0. The highest BCUT2D eigenvalue weighted by Crippen LogP contribution is 2.42. The first-order valence-electron chi connectivity index (χ1n) is 17.1. The van der Waals surface area contributed by atoms with E-state index in [0.29, 0.717) is 0 Å². The molecule has 7 aromatic carbocycles. The van der Waals surface area contributed by atoms with Gasteiger partial charge in [-0.2, -0.15) is 0 Å². The number of para-hydroxylation sites is 2. The van der Waals surface area contributed by atoms with Gasteiger partial charge in [0.05, 0.1) is 18.5 Å². The van der Waals surface area contributed by atoms with Gasteiger partial charge in [-0.1, -0.05) is 140 Å². The largest absolute Gasteiger partial charge is 0.456 e. The Balaban J connectivity index is 1.15. The Morgan fingerprint density at radius 1 is 0.380 bits per heavy atom. The summed E-state index contributed by atoms with van der Waals surface area (Å²) in [7, 11) is 0. The maximum Gasteiger partial charge on any atom is 0.141 e. The van der Waals surface area contributed by atoms with Crippen molar-refractivity contribution in [1.82, 2.24) is 16.0 Å². The molecule has 50 heavy (non-hydrogen) atoms. The second kappa shape index (κ2) is 11.9. The van der Waals surface area contributed by atoms with E-state index in [9.17, 15) is 0 Å². The number of furan rings is 2. The van der Waals surface area contributed by atoms with E-state index >= 15 is 0 Å². The maximum absolute atomic E-state index is 6.56. The molecule has 1 aliphatic rings. The molecule has 3 N–H and O–H groups in total. The third-order valence-corrected chi connectivity index (χ3v) is 10.0. The highest BCUT2D eigenvalue weighted by Gasteiger charge is 2.33. The molecule has 10 rings (SSSR count). The van der Waals surface area contributed by atoms with Gasteiger partial charge in [-0.15, -0.1) is 0 Å². The van der Waals surface area contributed by atoms with E-state index in [1.807, 2.05) is 12.1 Å². The van der Waals surface area contributed by atoms with E-state index in [1.165, 1.54) is 11.1 Å². The zero-order valence-corrected chi connectivity index (χ0v) is 27.1. The Morgan fingerprint density at radius 2 is 0.960 bits per heavy atom. The summed E-state index contributed by atoms with van der Waals surface area (Å²) >= 11 is 0. The molecule has 0 amide bonds. The SMILES string of the molecule is c1ccc(-c2cccc(C3NC(c4cccc5c4oc4ccccc45)NC(c4cccc5oc6cccc(-c7ccccc7)c6c45)N3)c2)cc1. The molecule has 3 heterocycles. The van der Waals surface area contributed by atoms with Crippen molar-refractivity contribution in [1.29, 1.82) is 0 Å². The van der Waals surface area contributed by atoms with Crippen LogP contribution in [0.2, 0.25) is 0 Å². The molecule has 1 aliphatic heterocycles. The van der Waals surface area contributed by atoms with Gasteiger partial charge in [0.15, 0.2) is 0 Å². The molecule has 5 heteroatoms. The zero-order valence-electron chi connectivity index (χ0n) is 27.1. The summed E-state index contributed by atoms with van der Waals surface area (Å²) in [6, 6.07) is 57.3. The van der Waals surface area contributed by atoms with Gasteiger partial charge in [0.25, 0.3) is 0 Å². The van der Waals surface area contributed by atoms with E-state index in [4.69, 9.17) is 8.83 Å². The zero-order chi connectivity index (χ0) is 33.0. The van der Waals surface area contributed by atoms with Gasteiger partial charge in [0.1, 0.15) is 22.3 Å². The normalized spacial score (nSPS) is 18.0. The highest BCUT2D eigenvalue weighted by atomic mass is 16.3. The van der Waals surface area contributed by atoms with Crippen molar-refractivity contribution in [3.05, 3.63) is 180 Å². The molecule has 3 unspecified atom stereocenters. The first-order valence-corrected chi connectivity index (χ1v) is 17.1. The fourth-order valence-electron chi connectivity index (χ4n) is 7.71. The minimum atomic E-state index is -0.238. The van der Waals surface area contributed by atoms with Crippen LogP contribution in [0.1, 0.15) is 35.2 Å². The smallest absolute Gasteiger partial charge is 0.141 e. The van der Waals surface area contributed by atoms with Gasteiger partial charge in [-0.05, 0) is 57.6 Å². The first-order chi connectivity index (χ1) is 24.8. The third-order valence-electron chi connectivity index (χ3n) is 10.0. The number of fused-ring (bicyclic) bond motifs is 6. The van der Waals surface area contributed by atoms with Crippen LogP contribution in [0.3, 0.4) is 0 Å². The Hall–Kier alpha value is -5.98. The predicted molar refractivity (Wildman–Crippen MR) is 202 cm³/mol. The summed E-state index contributed by atoms with van der Waals surface area (Å²) in [4.78, 5) is 0. The quantitative estimate of drug-likeness (QED) is 0.174. The monoisotopic (exact) mass is 647 g/mol. The predicted octanol–water partition coefficient (Wildman–Crippen LogP) is 11.0. The van der Waals surface area contributed by atoms with Gasteiger partial charge >= 0.3 is 0 Å². The molecular weight excluding hydrogens is 615 g/mol. The molecule has 9 aromatic rings. The fraction of sp³-hybridized carbons (Fsp3) is 0.0667. The average molecular weight is 648 g/mol. The van der Waals surface area contributed by atoms with E-state index < -0.39 is 0 Å². The summed E-state index contributed by atoms with van der Waals surface area (Å²) in [5.74, 6) is 0. The van der Waals surface area contributed by atoms with Crippen LogP contribution in [0.25, 0.3) is 66.1 Å². The average Bonchev–Trinajstić information content (AvgIpc) is 3.77. The van der Waals surface area contributed by atoms with Gasteiger partial charge in [-0.3, -0.25) is 16.0 Å². The van der Waals surface area contributed by atoms with Crippen LogP contribution in [-0.2, 0) is 0 Å². The lowest BCUT2D eigenvalue weighted by Gasteiger charge is -2.40. The van der Waals surface area contributed by atoms with Gasteiger partial charge in [0, 0.05) is 27.1 Å². The van der Waals surface area contributed by atoms with Crippen molar-refractivity contribution in [3.8, 4) is 22.3 Å². The third kappa shape index (κ3) is 4.83. The molecule has 0 saturated carbocycles. The number of hydrogen-bond donors (Lipinski definition) is 3. The van der Waals surface area contributed by atoms with Crippen LogP contribution in [0.4, 0.5) is 0 Å². The van der Waals surface area contributed by atoms with Crippen molar-refractivity contribution < 1.29 is 8.83 Å². The van der Waals surface area contributed by atoms with Crippen LogP contribution in [0.15, 0.2) is 173 Å². The lowest BCUT2D eigenvalue weighted by atomic mass is 9.95. The molecule has 0 spiro atoms. The molecule has 0 bridgehead atoms. The standard InChI is InChI=1S/C45H33N3O2/c1-3-13-28(14-4-1)30-17-9-18-31(27-30)43-46-44(48-45(47-43)36-23-10-21-34-33-19-7-8-24-37(33)50-42(34)36)35-22-12-26-39-41(35)40-32(20-11-25-38(40)49-39)29-15-5-2-6-16-29/h1-27,43-48H. The number of hydrogen-bond acceptors (Lipinski definition) is 5. The molecular formula is C45H33N3O2. The number of benzene rings is 7. The van der Waals surface area contributed by atoms with E-state index in [-0.39, 0.29) is 18.5 Å².